The molecule has 0 amide bonds. The van der Waals surface area contributed by atoms with E-state index in [0.29, 0.717) is 11.3 Å². The number of nitrogens with zero attached hydrogens (tertiary/aromatic N) is 5. The lowest BCUT2D eigenvalue weighted by Crippen LogP contribution is -2.40. The second kappa shape index (κ2) is 9.57. The Hall–Kier alpha value is -3.00. The van der Waals surface area contributed by atoms with E-state index in [4.69, 9.17) is 5.10 Å². The van der Waals surface area contributed by atoms with Gasteiger partial charge in [0.15, 0.2) is 11.3 Å². The Bertz CT molecular complexity index is 1210. The highest BCUT2D eigenvalue weighted by Gasteiger charge is 2.31. The van der Waals surface area contributed by atoms with Gasteiger partial charge < -0.3 is 14.9 Å². The third kappa shape index (κ3) is 4.63. The summed E-state index contributed by atoms with van der Waals surface area (Å²) in [7, 11) is 2.20. The number of likely N-dealkylation sites (tertiary alicyclic amines) is 1. The molecular weight excluding hydrogens is 445 g/mol. The zero-order valence-corrected chi connectivity index (χ0v) is 20.7. The molecule has 8 heteroatoms. The molecule has 2 saturated heterocycles. The van der Waals surface area contributed by atoms with Crippen LogP contribution < -0.4 is 4.90 Å². The molecule has 1 N–H and O–H groups in total. The maximum Gasteiger partial charge on any atom is 0.354 e. The van der Waals surface area contributed by atoms with Crippen LogP contribution in [0.3, 0.4) is 0 Å². The van der Waals surface area contributed by atoms with Crippen molar-refractivity contribution in [1.82, 2.24) is 19.7 Å². The van der Waals surface area contributed by atoms with Crippen molar-refractivity contribution in [3.05, 3.63) is 47.5 Å². The number of aromatic carboxylic acids is 1. The Balaban J connectivity index is 1.53. The van der Waals surface area contributed by atoms with Crippen LogP contribution >= 0.6 is 0 Å². The predicted molar refractivity (Wildman–Crippen MR) is 135 cm³/mol. The summed E-state index contributed by atoms with van der Waals surface area (Å²) < 4.78 is 15.2. The van der Waals surface area contributed by atoms with Crippen molar-refractivity contribution >= 4 is 22.7 Å². The topological polar surface area (TPSA) is 74.5 Å². The Morgan fingerprint density at radius 2 is 1.63 bits per heavy atom. The van der Waals surface area contributed by atoms with Gasteiger partial charge in [-0.25, -0.2) is 18.9 Å². The molecule has 2 aliphatic heterocycles. The number of hydrogen-bond donors (Lipinski definition) is 1. The lowest BCUT2D eigenvalue weighted by Gasteiger charge is -2.40. The van der Waals surface area contributed by atoms with Gasteiger partial charge in [-0.3, -0.25) is 0 Å². The Labute approximate surface area is 205 Å². The summed E-state index contributed by atoms with van der Waals surface area (Å²) in [6, 6.07) is 7.77. The van der Waals surface area contributed by atoms with Crippen molar-refractivity contribution in [2.24, 2.45) is 11.8 Å². The molecule has 0 saturated carbocycles. The Kier molecular flexibility index (Phi) is 6.49. The van der Waals surface area contributed by atoms with Gasteiger partial charge in [-0.1, -0.05) is 13.8 Å². The highest BCUT2D eigenvalue weighted by molar-refractivity contribution is 5.98. The lowest BCUT2D eigenvalue weighted by molar-refractivity contribution is 0.0691. The smallest absolute Gasteiger partial charge is 0.354 e. The van der Waals surface area contributed by atoms with Gasteiger partial charge in [0, 0.05) is 13.1 Å². The Morgan fingerprint density at radius 1 is 1.03 bits per heavy atom. The van der Waals surface area contributed by atoms with Crippen LogP contribution in [-0.4, -0.2) is 64.0 Å². The molecule has 2 aliphatic rings. The third-order valence-corrected chi connectivity index (χ3v) is 7.79. The number of benzene rings is 1. The van der Waals surface area contributed by atoms with E-state index in [-0.39, 0.29) is 17.4 Å². The lowest BCUT2D eigenvalue weighted by atomic mass is 9.79. The molecule has 0 spiro atoms. The van der Waals surface area contributed by atoms with Crippen LogP contribution in [0.25, 0.3) is 16.7 Å². The van der Waals surface area contributed by atoms with Gasteiger partial charge >= 0.3 is 5.97 Å². The molecular formula is C27H34FN5O2. The quantitative estimate of drug-likeness (QED) is 0.559. The van der Waals surface area contributed by atoms with Crippen LogP contribution in [0, 0.1) is 17.7 Å². The number of anilines is 1. The number of halogens is 1. The predicted octanol–water partition coefficient (Wildman–Crippen LogP) is 4.94. The minimum atomic E-state index is -1.06. The first-order valence-corrected chi connectivity index (χ1v) is 12.7. The number of carboxylic acids is 1. The average Bonchev–Trinajstić information content (AvgIpc) is 3.25. The van der Waals surface area contributed by atoms with Gasteiger partial charge in [0.1, 0.15) is 5.82 Å². The summed E-state index contributed by atoms with van der Waals surface area (Å²) in [6.07, 6.45) is 4.77. The molecule has 0 aliphatic carbocycles. The summed E-state index contributed by atoms with van der Waals surface area (Å²) in [5, 5.41) is 15.6. The van der Waals surface area contributed by atoms with E-state index in [1.54, 1.807) is 22.9 Å². The fourth-order valence-corrected chi connectivity index (χ4v) is 5.76. The van der Waals surface area contributed by atoms with Crippen molar-refractivity contribution in [3.63, 3.8) is 0 Å². The van der Waals surface area contributed by atoms with Crippen molar-refractivity contribution in [2.75, 3.05) is 38.1 Å². The van der Waals surface area contributed by atoms with E-state index in [1.165, 1.54) is 38.1 Å². The second-order valence-electron chi connectivity index (χ2n) is 10.4. The molecule has 3 aromatic rings. The molecule has 7 nitrogen and oxygen atoms in total. The molecule has 0 radical (unpaired) electrons. The average molecular weight is 480 g/mol. The van der Waals surface area contributed by atoms with Crippen LogP contribution in [0.15, 0.2) is 30.3 Å². The van der Waals surface area contributed by atoms with Gasteiger partial charge in [-0.15, -0.1) is 0 Å². The minimum Gasteiger partial charge on any atom is -0.477 e. The highest BCUT2D eigenvalue weighted by atomic mass is 19.1. The SMILES string of the molecule is CC(C)c1nn(-c2ccc(F)cc2)c2nc(C(=O)O)cc(N3CCC(C4CCN(C)CC4)CC3)c12. The molecule has 1 aromatic carbocycles. The number of piperidine rings is 2. The molecule has 5 rings (SSSR count). The van der Waals surface area contributed by atoms with E-state index in [2.05, 4.69) is 35.7 Å². The summed E-state index contributed by atoms with van der Waals surface area (Å²) in [6.45, 7) is 8.31. The van der Waals surface area contributed by atoms with Crippen molar-refractivity contribution < 1.29 is 14.3 Å². The second-order valence-corrected chi connectivity index (χ2v) is 10.4. The van der Waals surface area contributed by atoms with Gasteiger partial charge in [-0.2, -0.15) is 5.10 Å². The molecule has 0 atom stereocenters. The van der Waals surface area contributed by atoms with E-state index in [0.717, 1.165) is 54.5 Å². The third-order valence-electron chi connectivity index (χ3n) is 7.79. The summed E-state index contributed by atoms with van der Waals surface area (Å²) >= 11 is 0. The standard InChI is InChI=1S/C27H34FN5O2/c1-17(2)25-24-23(32-14-10-19(11-15-32)18-8-12-31(3)13-9-18)16-22(27(34)35)29-26(24)33(30-25)21-6-4-20(28)5-7-21/h4-7,16-19H,8-15H2,1-3H3,(H,34,35). The molecule has 35 heavy (non-hydrogen) atoms. The molecule has 2 aromatic heterocycles. The summed E-state index contributed by atoms with van der Waals surface area (Å²) in [5.74, 6) is 0.233. The maximum atomic E-state index is 13.6. The van der Waals surface area contributed by atoms with E-state index in [9.17, 15) is 14.3 Å². The molecule has 186 valence electrons. The number of pyridine rings is 1. The normalized spacial score (nSPS) is 18.6. The van der Waals surface area contributed by atoms with Crippen molar-refractivity contribution in [2.45, 2.75) is 45.4 Å². The number of hydrogen-bond acceptors (Lipinski definition) is 5. The Morgan fingerprint density at radius 3 is 2.20 bits per heavy atom. The van der Waals surface area contributed by atoms with E-state index >= 15 is 0 Å². The number of carboxylic acid groups (broad SMARTS) is 1. The zero-order valence-electron chi connectivity index (χ0n) is 20.7. The van der Waals surface area contributed by atoms with E-state index < -0.39 is 5.97 Å². The first-order chi connectivity index (χ1) is 16.8. The molecule has 2 fully saturated rings. The first-order valence-electron chi connectivity index (χ1n) is 12.7. The zero-order chi connectivity index (χ0) is 24.7. The van der Waals surface area contributed by atoms with Crippen LogP contribution in [0.2, 0.25) is 0 Å². The monoisotopic (exact) mass is 479 g/mol. The van der Waals surface area contributed by atoms with Crippen molar-refractivity contribution in [1.29, 1.82) is 0 Å². The summed E-state index contributed by atoms with van der Waals surface area (Å²) in [5.41, 5.74) is 2.94. The van der Waals surface area contributed by atoms with E-state index in [1.807, 2.05) is 0 Å². The largest absolute Gasteiger partial charge is 0.477 e. The van der Waals surface area contributed by atoms with Crippen LogP contribution in [0.1, 0.15) is 61.6 Å². The van der Waals surface area contributed by atoms with Gasteiger partial charge in [0.25, 0.3) is 0 Å². The maximum absolute atomic E-state index is 13.6. The number of carbonyl (C=O) groups is 1. The van der Waals surface area contributed by atoms with Gasteiger partial charge in [-0.05, 0) is 93.9 Å². The fourth-order valence-electron chi connectivity index (χ4n) is 5.76. The van der Waals surface area contributed by atoms with Crippen LogP contribution in [0.4, 0.5) is 10.1 Å². The molecule has 0 bridgehead atoms. The minimum absolute atomic E-state index is 0.00325. The van der Waals surface area contributed by atoms with Crippen LogP contribution in [-0.2, 0) is 0 Å². The fraction of sp³-hybridized carbons (Fsp3) is 0.519. The van der Waals surface area contributed by atoms with Crippen LogP contribution in [0.5, 0.6) is 0 Å². The first kappa shape index (κ1) is 23.7. The van der Waals surface area contributed by atoms with Gasteiger partial charge in [0.05, 0.1) is 22.5 Å². The molecule has 4 heterocycles. The van der Waals surface area contributed by atoms with Crippen molar-refractivity contribution in [3.8, 4) is 5.69 Å². The van der Waals surface area contributed by atoms with Gasteiger partial charge in [0.2, 0.25) is 0 Å². The highest BCUT2D eigenvalue weighted by Crippen LogP contribution is 2.38. The number of aromatic nitrogens is 3. The number of rotatable bonds is 5. The summed E-state index contributed by atoms with van der Waals surface area (Å²) in [4.78, 5) is 21.3. The molecule has 0 unspecified atom stereocenters. The number of fused-ring (bicyclic) bond motifs is 1.